The summed E-state index contributed by atoms with van der Waals surface area (Å²) in [5.41, 5.74) is 1.29. The summed E-state index contributed by atoms with van der Waals surface area (Å²) in [7, 11) is 1.60. The lowest BCUT2D eigenvalue weighted by molar-refractivity contribution is -0.152. The minimum atomic E-state index is -0.483. The molecule has 0 spiro atoms. The number of cyclic esters (lactones) is 1. The van der Waals surface area contributed by atoms with Crippen LogP contribution in [0.25, 0.3) is 10.9 Å². The fourth-order valence-corrected chi connectivity index (χ4v) is 5.18. The second kappa shape index (κ2) is 12.1. The van der Waals surface area contributed by atoms with Gasteiger partial charge in [-0.15, -0.1) is 0 Å². The number of aromatic nitrogens is 2. The van der Waals surface area contributed by atoms with Crippen LogP contribution in [0.2, 0.25) is 5.02 Å². The molecule has 0 bridgehead atoms. The van der Waals surface area contributed by atoms with Gasteiger partial charge >= 0.3 is 5.97 Å². The Morgan fingerprint density at radius 1 is 1.16 bits per heavy atom. The van der Waals surface area contributed by atoms with Crippen LogP contribution < -0.4 is 14.8 Å². The molecule has 38 heavy (non-hydrogen) atoms. The first-order valence-corrected chi connectivity index (χ1v) is 13.2. The average Bonchev–Trinajstić information content (AvgIpc) is 2.93. The standard InChI is InChI=1S/C27H31ClFN5O4/c1-36-24-15-23-20(27(31-17-30-23)32-18-3-4-22(29)21(28)13-18)14-25(24)37-11-2-7-33-8-5-19(6-9-33)34-10-12-38-26(35)16-34/h3-4,13-15,17,19H,2,5-12,16H2,1H3,(H,30,31,32). The fraction of sp³-hybridized carbons (Fsp3) is 0.444. The van der Waals surface area contributed by atoms with Crippen LogP contribution in [0, 0.1) is 5.82 Å². The molecule has 0 saturated carbocycles. The minimum absolute atomic E-state index is 0.0273. The van der Waals surface area contributed by atoms with Gasteiger partial charge in [0.05, 0.1) is 30.8 Å². The molecule has 202 valence electrons. The Morgan fingerprint density at radius 2 is 2.00 bits per heavy atom. The molecule has 2 fully saturated rings. The Labute approximate surface area is 225 Å². The number of piperidine rings is 1. The van der Waals surface area contributed by atoms with Crippen molar-refractivity contribution >= 4 is 40.0 Å². The first kappa shape index (κ1) is 26.4. The maximum atomic E-state index is 13.6. The molecule has 0 atom stereocenters. The first-order chi connectivity index (χ1) is 18.5. The highest BCUT2D eigenvalue weighted by atomic mass is 35.5. The van der Waals surface area contributed by atoms with E-state index in [1.54, 1.807) is 13.2 Å². The van der Waals surface area contributed by atoms with E-state index in [0.717, 1.165) is 50.8 Å². The van der Waals surface area contributed by atoms with Crippen LogP contribution in [-0.4, -0.2) is 84.8 Å². The Hall–Kier alpha value is -3.21. The molecule has 9 nitrogen and oxygen atoms in total. The predicted molar refractivity (Wildman–Crippen MR) is 143 cm³/mol. The van der Waals surface area contributed by atoms with Gasteiger partial charge in [0.15, 0.2) is 11.5 Å². The van der Waals surface area contributed by atoms with Crippen LogP contribution in [0.4, 0.5) is 15.9 Å². The second-order valence-corrected chi connectivity index (χ2v) is 9.87. The first-order valence-electron chi connectivity index (χ1n) is 12.8. The number of carbonyl (C=O) groups excluding carboxylic acids is 1. The number of methoxy groups -OCH3 is 1. The number of halogens is 2. The maximum absolute atomic E-state index is 13.6. The molecular weight excluding hydrogens is 513 g/mol. The van der Waals surface area contributed by atoms with E-state index in [0.29, 0.717) is 54.3 Å². The molecule has 1 aromatic heterocycles. The van der Waals surface area contributed by atoms with E-state index in [1.807, 2.05) is 12.1 Å². The molecule has 1 N–H and O–H groups in total. The van der Waals surface area contributed by atoms with Crippen molar-refractivity contribution in [1.29, 1.82) is 0 Å². The number of likely N-dealkylation sites (tertiary alicyclic amines) is 1. The zero-order chi connectivity index (χ0) is 26.5. The number of morpholine rings is 1. The number of rotatable bonds is 9. The van der Waals surface area contributed by atoms with Gasteiger partial charge in [-0.05, 0) is 56.6 Å². The van der Waals surface area contributed by atoms with Crippen LogP contribution >= 0.6 is 11.6 Å². The van der Waals surface area contributed by atoms with Crippen LogP contribution in [0.15, 0.2) is 36.7 Å². The predicted octanol–water partition coefficient (Wildman–Crippen LogP) is 4.27. The van der Waals surface area contributed by atoms with E-state index in [1.165, 1.54) is 18.5 Å². The highest BCUT2D eigenvalue weighted by Gasteiger charge is 2.28. The van der Waals surface area contributed by atoms with Gasteiger partial charge in [0.1, 0.15) is 24.6 Å². The smallest absolute Gasteiger partial charge is 0.320 e. The normalized spacial score (nSPS) is 17.4. The van der Waals surface area contributed by atoms with Gasteiger partial charge in [0.25, 0.3) is 0 Å². The summed E-state index contributed by atoms with van der Waals surface area (Å²) >= 11 is 5.93. The Balaban J connectivity index is 1.17. The van der Waals surface area contributed by atoms with Gasteiger partial charge in [-0.25, -0.2) is 14.4 Å². The van der Waals surface area contributed by atoms with E-state index in [4.69, 9.17) is 25.8 Å². The van der Waals surface area contributed by atoms with Gasteiger partial charge in [-0.3, -0.25) is 9.69 Å². The summed E-state index contributed by atoms with van der Waals surface area (Å²) in [4.78, 5) is 25.0. The lowest BCUT2D eigenvalue weighted by atomic mass is 10.0. The Kier molecular flexibility index (Phi) is 8.41. The largest absolute Gasteiger partial charge is 0.493 e. The van der Waals surface area contributed by atoms with Crippen LogP contribution in [-0.2, 0) is 9.53 Å². The van der Waals surface area contributed by atoms with Crippen LogP contribution in [0.3, 0.4) is 0 Å². The molecule has 2 aromatic carbocycles. The van der Waals surface area contributed by atoms with Crippen molar-refractivity contribution in [3.05, 3.63) is 47.5 Å². The quantitative estimate of drug-likeness (QED) is 0.314. The third-order valence-electron chi connectivity index (χ3n) is 7.03. The SMILES string of the molecule is COc1cc2ncnc(Nc3ccc(F)c(Cl)c3)c2cc1OCCCN1CCC(N2CCOC(=O)C2)CC1. The van der Waals surface area contributed by atoms with E-state index < -0.39 is 5.82 Å². The van der Waals surface area contributed by atoms with Crippen LogP contribution in [0.5, 0.6) is 11.5 Å². The molecule has 3 aromatic rings. The number of ether oxygens (including phenoxy) is 3. The molecule has 3 heterocycles. The molecule has 0 amide bonds. The number of carbonyl (C=O) groups is 1. The Morgan fingerprint density at radius 3 is 2.76 bits per heavy atom. The lowest BCUT2D eigenvalue weighted by Gasteiger charge is -2.39. The van der Waals surface area contributed by atoms with Crippen molar-refractivity contribution in [1.82, 2.24) is 19.8 Å². The van der Waals surface area contributed by atoms with Gasteiger partial charge in [-0.2, -0.15) is 0 Å². The number of hydrogen-bond acceptors (Lipinski definition) is 9. The molecule has 5 rings (SSSR count). The third-order valence-corrected chi connectivity index (χ3v) is 7.32. The van der Waals surface area contributed by atoms with Crippen LogP contribution in [0.1, 0.15) is 19.3 Å². The van der Waals surface area contributed by atoms with Crippen molar-refractivity contribution < 1.29 is 23.4 Å². The number of nitrogens with one attached hydrogen (secondary N) is 1. The van der Waals surface area contributed by atoms with E-state index in [-0.39, 0.29) is 11.0 Å². The van der Waals surface area contributed by atoms with Gasteiger partial charge in [-0.1, -0.05) is 11.6 Å². The summed E-state index contributed by atoms with van der Waals surface area (Å²) in [6, 6.07) is 8.53. The fourth-order valence-electron chi connectivity index (χ4n) is 5.00. The summed E-state index contributed by atoms with van der Waals surface area (Å²) < 4.78 is 30.3. The van der Waals surface area contributed by atoms with Crippen molar-refractivity contribution in [3.63, 3.8) is 0 Å². The number of esters is 1. The second-order valence-electron chi connectivity index (χ2n) is 9.46. The van der Waals surface area contributed by atoms with Gasteiger partial charge < -0.3 is 24.4 Å². The number of hydrogen-bond donors (Lipinski definition) is 1. The number of anilines is 2. The molecule has 2 aliphatic heterocycles. The number of fused-ring (bicyclic) bond motifs is 1. The number of nitrogens with zero attached hydrogens (tertiary/aromatic N) is 4. The van der Waals surface area contributed by atoms with E-state index in [2.05, 4.69) is 25.1 Å². The van der Waals surface area contributed by atoms with Crippen molar-refractivity contribution in [2.75, 3.05) is 58.4 Å². The van der Waals surface area contributed by atoms with Gasteiger partial charge in [0.2, 0.25) is 0 Å². The van der Waals surface area contributed by atoms with Crippen molar-refractivity contribution in [2.45, 2.75) is 25.3 Å². The summed E-state index contributed by atoms with van der Waals surface area (Å²) in [6.45, 7) is 5.23. The molecule has 11 heteroatoms. The molecule has 0 unspecified atom stereocenters. The average molecular weight is 544 g/mol. The minimum Gasteiger partial charge on any atom is -0.493 e. The van der Waals surface area contributed by atoms with Crippen molar-refractivity contribution in [2.24, 2.45) is 0 Å². The van der Waals surface area contributed by atoms with E-state index in [9.17, 15) is 9.18 Å². The van der Waals surface area contributed by atoms with Crippen molar-refractivity contribution in [3.8, 4) is 11.5 Å². The number of benzene rings is 2. The Bertz CT molecular complexity index is 1290. The summed E-state index contributed by atoms with van der Waals surface area (Å²) in [5, 5.41) is 3.96. The molecule has 0 radical (unpaired) electrons. The molecule has 0 aliphatic carbocycles. The maximum Gasteiger partial charge on any atom is 0.320 e. The molecule has 2 saturated heterocycles. The monoisotopic (exact) mass is 543 g/mol. The molecule has 2 aliphatic rings. The highest BCUT2D eigenvalue weighted by Crippen LogP contribution is 2.35. The summed E-state index contributed by atoms with van der Waals surface area (Å²) in [5.74, 6) is 1.14. The zero-order valence-electron chi connectivity index (χ0n) is 21.3. The lowest BCUT2D eigenvalue weighted by Crippen LogP contribution is -2.50. The van der Waals surface area contributed by atoms with Gasteiger partial charge in [0, 0.05) is 36.3 Å². The van der Waals surface area contributed by atoms with E-state index >= 15 is 0 Å². The highest BCUT2D eigenvalue weighted by molar-refractivity contribution is 6.31. The summed E-state index contributed by atoms with van der Waals surface area (Å²) in [6.07, 6.45) is 4.44. The molecular formula is C27H31ClFN5O4. The topological polar surface area (TPSA) is 89.1 Å². The zero-order valence-corrected chi connectivity index (χ0v) is 22.0. The third kappa shape index (κ3) is 6.25.